The van der Waals surface area contributed by atoms with Crippen molar-refractivity contribution in [3.63, 3.8) is 0 Å². The summed E-state index contributed by atoms with van der Waals surface area (Å²) in [4.78, 5) is 18.1. The average Bonchev–Trinajstić information content (AvgIpc) is 2.87. The Labute approximate surface area is 234 Å². The Balaban J connectivity index is 1.67. The van der Waals surface area contributed by atoms with Gasteiger partial charge in [0.1, 0.15) is 18.2 Å². The van der Waals surface area contributed by atoms with E-state index in [1.54, 1.807) is 18.3 Å². The fraction of sp³-hybridized carbons (Fsp3) is 0.185. The maximum absolute atomic E-state index is 13.3. The summed E-state index contributed by atoms with van der Waals surface area (Å²) in [6.45, 7) is 4.33. The molecule has 6 nitrogen and oxygen atoms in total. The van der Waals surface area contributed by atoms with Gasteiger partial charge in [-0.1, -0.05) is 48.0 Å². The summed E-state index contributed by atoms with van der Waals surface area (Å²) in [6, 6.07) is 18.7. The predicted octanol–water partition coefficient (Wildman–Crippen LogP) is 7.53. The van der Waals surface area contributed by atoms with Gasteiger partial charge in [-0.25, -0.2) is 4.98 Å². The van der Waals surface area contributed by atoms with Crippen LogP contribution in [0.5, 0.6) is 5.75 Å². The van der Waals surface area contributed by atoms with Crippen LogP contribution in [-0.2, 0) is 6.61 Å². The third kappa shape index (κ3) is 5.61. The van der Waals surface area contributed by atoms with Crippen LogP contribution >= 0.6 is 47.8 Å². The number of halogens is 3. The van der Waals surface area contributed by atoms with E-state index in [0.717, 1.165) is 22.0 Å². The third-order valence-electron chi connectivity index (χ3n) is 5.74. The highest BCUT2D eigenvalue weighted by Crippen LogP contribution is 2.35. The van der Waals surface area contributed by atoms with Gasteiger partial charge in [0.15, 0.2) is 0 Å². The Hall–Kier alpha value is -2.80. The van der Waals surface area contributed by atoms with Crippen LogP contribution < -0.4 is 10.3 Å². The summed E-state index contributed by atoms with van der Waals surface area (Å²) in [7, 11) is 0. The third-order valence-corrected chi connectivity index (χ3v) is 7.41. The number of hydrogen-bond donors (Lipinski definition) is 0. The van der Waals surface area contributed by atoms with Crippen molar-refractivity contribution in [2.75, 3.05) is 0 Å². The van der Waals surface area contributed by atoms with Crippen molar-refractivity contribution in [1.29, 1.82) is 5.26 Å². The molecule has 0 saturated heterocycles. The highest BCUT2D eigenvalue weighted by atomic mass is 79.9. The fourth-order valence-electron chi connectivity index (χ4n) is 3.60. The largest absolute Gasteiger partial charge is 0.486 e. The fourth-order valence-corrected chi connectivity index (χ4v) is 5.41. The van der Waals surface area contributed by atoms with Crippen LogP contribution in [0.25, 0.3) is 10.9 Å². The van der Waals surface area contributed by atoms with Crippen molar-refractivity contribution in [3.05, 3.63) is 101 Å². The molecule has 36 heavy (non-hydrogen) atoms. The second-order valence-corrected chi connectivity index (χ2v) is 10.8. The number of fused-ring (bicyclic) bond motifs is 1. The van der Waals surface area contributed by atoms with E-state index in [0.29, 0.717) is 37.0 Å². The Morgan fingerprint density at radius 1 is 1.14 bits per heavy atom. The molecule has 0 radical (unpaired) electrons. The molecule has 1 heterocycles. The normalized spacial score (nSPS) is 12.1. The second kappa shape index (κ2) is 11.5. The maximum Gasteiger partial charge on any atom is 0.282 e. The monoisotopic (exact) mass is 670 g/mol. The molecule has 0 saturated carbocycles. The van der Waals surface area contributed by atoms with E-state index in [-0.39, 0.29) is 18.1 Å². The first-order valence-electron chi connectivity index (χ1n) is 11.2. The highest BCUT2D eigenvalue weighted by molar-refractivity contribution is 9.11. The van der Waals surface area contributed by atoms with Gasteiger partial charge >= 0.3 is 0 Å². The molecule has 182 valence electrons. The zero-order valence-corrected chi connectivity index (χ0v) is 24.3. The zero-order chi connectivity index (χ0) is 25.8. The van der Waals surface area contributed by atoms with Gasteiger partial charge in [-0.15, -0.1) is 0 Å². The van der Waals surface area contributed by atoms with E-state index in [1.807, 2.05) is 49.4 Å². The molecule has 0 aliphatic heterocycles. The standard InChI is InChI=1S/C27H21Br3N4O2/c1-3-16(2)26-33-24-9-8-20(28)12-21(24)27(35)34(26)32-14-17-10-22(29)25(23(30)11-17)36-15-19-7-5-4-6-18(19)13-31/h4-12,14,16H,3,15H2,1-2H3/t16-/m1/s1. The number of benzene rings is 3. The van der Waals surface area contributed by atoms with Gasteiger partial charge in [0.05, 0.1) is 37.7 Å². The number of nitriles is 1. The summed E-state index contributed by atoms with van der Waals surface area (Å²) in [5, 5.41) is 14.3. The molecule has 0 amide bonds. The molecule has 0 spiro atoms. The van der Waals surface area contributed by atoms with Gasteiger partial charge in [-0.3, -0.25) is 4.79 Å². The van der Waals surface area contributed by atoms with Crippen molar-refractivity contribution < 1.29 is 4.74 Å². The first kappa shape index (κ1) is 26.3. The Morgan fingerprint density at radius 2 is 1.86 bits per heavy atom. The minimum Gasteiger partial charge on any atom is -0.486 e. The Morgan fingerprint density at radius 3 is 2.56 bits per heavy atom. The molecular formula is C27H21Br3N4O2. The van der Waals surface area contributed by atoms with Crippen molar-refractivity contribution in [3.8, 4) is 11.8 Å². The number of rotatable bonds is 7. The molecule has 3 aromatic carbocycles. The lowest BCUT2D eigenvalue weighted by Gasteiger charge is -2.14. The van der Waals surface area contributed by atoms with Gasteiger partial charge in [0.2, 0.25) is 0 Å². The maximum atomic E-state index is 13.3. The summed E-state index contributed by atoms with van der Waals surface area (Å²) < 4.78 is 9.61. The molecular weight excluding hydrogens is 652 g/mol. The van der Waals surface area contributed by atoms with Gasteiger partial charge in [-0.05, 0) is 80.2 Å². The van der Waals surface area contributed by atoms with Crippen molar-refractivity contribution in [2.45, 2.75) is 32.8 Å². The molecule has 4 rings (SSSR count). The minimum atomic E-state index is -0.220. The van der Waals surface area contributed by atoms with E-state index >= 15 is 0 Å². The van der Waals surface area contributed by atoms with Crippen molar-refractivity contribution >= 4 is 64.9 Å². The SMILES string of the molecule is CC[C@@H](C)c1nc2ccc(Br)cc2c(=O)n1N=Cc1cc(Br)c(OCc2ccccc2C#N)c(Br)c1. The summed E-state index contributed by atoms with van der Waals surface area (Å²) in [5.41, 5.74) is 2.57. The number of nitrogens with zero attached hydrogens (tertiary/aromatic N) is 4. The molecule has 0 aliphatic carbocycles. The smallest absolute Gasteiger partial charge is 0.282 e. The quantitative estimate of drug-likeness (QED) is 0.190. The lowest BCUT2D eigenvalue weighted by molar-refractivity contribution is 0.302. The van der Waals surface area contributed by atoms with Gasteiger partial charge in [0, 0.05) is 16.0 Å². The van der Waals surface area contributed by atoms with Crippen molar-refractivity contribution in [1.82, 2.24) is 9.66 Å². The minimum absolute atomic E-state index is 0.0495. The molecule has 1 aromatic heterocycles. The van der Waals surface area contributed by atoms with E-state index in [4.69, 9.17) is 9.72 Å². The summed E-state index contributed by atoms with van der Waals surface area (Å²) in [5.74, 6) is 1.27. The van der Waals surface area contributed by atoms with Gasteiger partial charge < -0.3 is 4.74 Å². The Kier molecular flexibility index (Phi) is 8.39. The van der Waals surface area contributed by atoms with E-state index in [2.05, 4.69) is 65.9 Å². The molecule has 0 aliphatic rings. The zero-order valence-electron chi connectivity index (χ0n) is 19.5. The van der Waals surface area contributed by atoms with Crippen LogP contribution in [0.1, 0.15) is 48.7 Å². The van der Waals surface area contributed by atoms with Crippen LogP contribution in [0.4, 0.5) is 0 Å². The van der Waals surface area contributed by atoms with Crippen LogP contribution in [0.3, 0.4) is 0 Å². The molecule has 0 bridgehead atoms. The second-order valence-electron chi connectivity index (χ2n) is 8.17. The summed E-state index contributed by atoms with van der Waals surface area (Å²) in [6.07, 6.45) is 2.45. The first-order valence-corrected chi connectivity index (χ1v) is 13.6. The average molecular weight is 673 g/mol. The van der Waals surface area contributed by atoms with Crippen LogP contribution in [0.15, 0.2) is 77.9 Å². The topological polar surface area (TPSA) is 80.3 Å². The number of aromatic nitrogens is 2. The lowest BCUT2D eigenvalue weighted by atomic mass is 10.1. The van der Waals surface area contributed by atoms with E-state index in [1.165, 1.54) is 4.68 Å². The molecule has 9 heteroatoms. The molecule has 0 fully saturated rings. The van der Waals surface area contributed by atoms with E-state index < -0.39 is 0 Å². The van der Waals surface area contributed by atoms with Crippen molar-refractivity contribution in [2.24, 2.45) is 5.10 Å². The lowest BCUT2D eigenvalue weighted by Crippen LogP contribution is -2.23. The van der Waals surface area contributed by atoms with Crippen LogP contribution in [0, 0.1) is 11.3 Å². The van der Waals surface area contributed by atoms with Crippen LogP contribution in [-0.4, -0.2) is 15.9 Å². The number of ether oxygens (including phenoxy) is 1. The van der Waals surface area contributed by atoms with E-state index in [9.17, 15) is 10.1 Å². The highest BCUT2D eigenvalue weighted by Gasteiger charge is 2.16. The molecule has 0 unspecified atom stereocenters. The predicted molar refractivity (Wildman–Crippen MR) is 153 cm³/mol. The first-order chi connectivity index (χ1) is 17.3. The number of hydrogen-bond acceptors (Lipinski definition) is 5. The van der Waals surface area contributed by atoms with Gasteiger partial charge in [-0.2, -0.15) is 15.0 Å². The molecule has 4 aromatic rings. The summed E-state index contributed by atoms with van der Waals surface area (Å²) >= 11 is 10.6. The molecule has 1 atom stereocenters. The van der Waals surface area contributed by atoms with Gasteiger partial charge in [0.25, 0.3) is 5.56 Å². The molecule has 0 N–H and O–H groups in total. The van der Waals surface area contributed by atoms with Crippen LogP contribution in [0.2, 0.25) is 0 Å². The Bertz CT molecular complexity index is 1550.